The largest absolute Gasteiger partial charge is 0.379 e. The van der Waals surface area contributed by atoms with Gasteiger partial charge in [-0.1, -0.05) is 29.8 Å². The van der Waals surface area contributed by atoms with Gasteiger partial charge in [0.2, 0.25) is 0 Å². The highest BCUT2D eigenvalue weighted by Gasteiger charge is 2.18. The van der Waals surface area contributed by atoms with Crippen molar-refractivity contribution in [2.24, 2.45) is 11.7 Å². The van der Waals surface area contributed by atoms with Crippen molar-refractivity contribution < 1.29 is 4.74 Å². The average Bonchev–Trinajstić information content (AvgIpc) is 2.34. The van der Waals surface area contributed by atoms with E-state index in [4.69, 9.17) is 10.5 Å². The lowest BCUT2D eigenvalue weighted by atomic mass is 9.90. The van der Waals surface area contributed by atoms with Crippen molar-refractivity contribution >= 4 is 0 Å². The van der Waals surface area contributed by atoms with Crippen molar-refractivity contribution in [1.82, 2.24) is 0 Å². The zero-order chi connectivity index (χ0) is 13.6. The summed E-state index contributed by atoms with van der Waals surface area (Å²) in [6, 6.07) is 8.70. The number of ether oxygens (including phenoxy) is 1. The van der Waals surface area contributed by atoms with Crippen LogP contribution in [0.25, 0.3) is 0 Å². The first kappa shape index (κ1) is 15.2. The number of hydrogen-bond acceptors (Lipinski definition) is 2. The van der Waals surface area contributed by atoms with E-state index in [2.05, 4.69) is 45.0 Å². The molecule has 2 heteroatoms. The molecule has 0 fully saturated rings. The molecular weight excluding hydrogens is 222 g/mol. The average molecular weight is 249 g/mol. The van der Waals surface area contributed by atoms with Crippen LogP contribution in [0.15, 0.2) is 24.3 Å². The van der Waals surface area contributed by atoms with Crippen LogP contribution in [0.1, 0.15) is 37.8 Å². The fourth-order valence-corrected chi connectivity index (χ4v) is 2.13. The maximum Gasteiger partial charge on any atom is 0.0622 e. The van der Waals surface area contributed by atoms with Crippen LogP contribution in [0.4, 0.5) is 0 Å². The van der Waals surface area contributed by atoms with Crippen molar-refractivity contribution in [2.45, 2.75) is 45.6 Å². The summed E-state index contributed by atoms with van der Waals surface area (Å²) in [6.45, 7) is 7.14. The second-order valence-corrected chi connectivity index (χ2v) is 5.80. The second-order valence-electron chi connectivity index (χ2n) is 5.80. The van der Waals surface area contributed by atoms with Gasteiger partial charge in [0.25, 0.3) is 0 Å². The molecule has 0 aliphatic carbocycles. The summed E-state index contributed by atoms with van der Waals surface area (Å²) in [6.07, 6.45) is 3.24. The van der Waals surface area contributed by atoms with Gasteiger partial charge in [-0.3, -0.25) is 0 Å². The van der Waals surface area contributed by atoms with E-state index in [0.717, 1.165) is 25.8 Å². The standard InChI is InChI=1S/C16H27NO/c1-13-6-5-7-14(10-13)11-15(12-17)8-9-16(2,3)18-4/h5-7,10,15H,8-9,11-12,17H2,1-4H3. The van der Waals surface area contributed by atoms with E-state index in [1.807, 2.05) is 0 Å². The predicted octanol–water partition coefficient (Wildman–Crippen LogP) is 3.32. The zero-order valence-electron chi connectivity index (χ0n) is 12.2. The van der Waals surface area contributed by atoms with E-state index in [1.165, 1.54) is 11.1 Å². The van der Waals surface area contributed by atoms with Gasteiger partial charge >= 0.3 is 0 Å². The minimum atomic E-state index is -0.0416. The van der Waals surface area contributed by atoms with Gasteiger partial charge in [-0.05, 0) is 58.1 Å². The monoisotopic (exact) mass is 249 g/mol. The molecule has 0 amide bonds. The number of aryl methyl sites for hydroxylation is 1. The first-order chi connectivity index (χ1) is 8.46. The molecule has 1 atom stereocenters. The smallest absolute Gasteiger partial charge is 0.0622 e. The van der Waals surface area contributed by atoms with Crippen molar-refractivity contribution in [2.75, 3.05) is 13.7 Å². The molecule has 0 spiro atoms. The molecule has 1 aromatic rings. The van der Waals surface area contributed by atoms with Gasteiger partial charge in [-0.2, -0.15) is 0 Å². The van der Waals surface area contributed by atoms with Crippen LogP contribution in [0, 0.1) is 12.8 Å². The lowest BCUT2D eigenvalue weighted by Crippen LogP contribution is -2.26. The number of methoxy groups -OCH3 is 1. The van der Waals surface area contributed by atoms with Crippen LogP contribution in [0.2, 0.25) is 0 Å². The lowest BCUT2D eigenvalue weighted by Gasteiger charge is -2.25. The normalized spacial score (nSPS) is 13.6. The lowest BCUT2D eigenvalue weighted by molar-refractivity contribution is 0.0106. The number of hydrogen-bond donors (Lipinski definition) is 1. The Bertz CT molecular complexity index is 360. The van der Waals surface area contributed by atoms with Gasteiger partial charge < -0.3 is 10.5 Å². The highest BCUT2D eigenvalue weighted by molar-refractivity contribution is 5.22. The van der Waals surface area contributed by atoms with Crippen LogP contribution < -0.4 is 5.73 Å². The molecule has 1 aromatic carbocycles. The Morgan fingerprint density at radius 2 is 2.06 bits per heavy atom. The quantitative estimate of drug-likeness (QED) is 0.804. The van der Waals surface area contributed by atoms with Crippen molar-refractivity contribution in [3.63, 3.8) is 0 Å². The highest BCUT2D eigenvalue weighted by atomic mass is 16.5. The van der Waals surface area contributed by atoms with E-state index in [9.17, 15) is 0 Å². The van der Waals surface area contributed by atoms with Gasteiger partial charge in [0.05, 0.1) is 5.60 Å². The fourth-order valence-electron chi connectivity index (χ4n) is 2.13. The van der Waals surface area contributed by atoms with Crippen LogP contribution in [0.5, 0.6) is 0 Å². The first-order valence-corrected chi connectivity index (χ1v) is 6.77. The summed E-state index contributed by atoms with van der Waals surface area (Å²) in [5, 5.41) is 0. The van der Waals surface area contributed by atoms with Gasteiger partial charge in [-0.15, -0.1) is 0 Å². The molecule has 0 radical (unpaired) electrons. The van der Waals surface area contributed by atoms with E-state index in [0.29, 0.717) is 5.92 Å². The molecule has 0 aliphatic heterocycles. The zero-order valence-corrected chi connectivity index (χ0v) is 12.2. The SMILES string of the molecule is COC(C)(C)CCC(CN)Cc1cccc(C)c1. The van der Waals surface area contributed by atoms with Crippen LogP contribution in [-0.2, 0) is 11.2 Å². The minimum Gasteiger partial charge on any atom is -0.379 e. The second kappa shape index (κ2) is 6.91. The summed E-state index contributed by atoms with van der Waals surface area (Å²) in [4.78, 5) is 0. The molecule has 0 bridgehead atoms. The molecule has 0 saturated heterocycles. The fraction of sp³-hybridized carbons (Fsp3) is 0.625. The van der Waals surface area contributed by atoms with E-state index >= 15 is 0 Å². The van der Waals surface area contributed by atoms with Crippen LogP contribution in [-0.4, -0.2) is 19.3 Å². The summed E-state index contributed by atoms with van der Waals surface area (Å²) < 4.78 is 5.46. The van der Waals surface area contributed by atoms with Crippen molar-refractivity contribution in [3.05, 3.63) is 35.4 Å². The van der Waals surface area contributed by atoms with E-state index in [-0.39, 0.29) is 5.60 Å². The molecule has 2 nitrogen and oxygen atoms in total. The van der Waals surface area contributed by atoms with Crippen LogP contribution >= 0.6 is 0 Å². The molecule has 2 N–H and O–H groups in total. The van der Waals surface area contributed by atoms with Gasteiger partial charge in [-0.25, -0.2) is 0 Å². The maximum atomic E-state index is 5.89. The third-order valence-electron chi connectivity index (χ3n) is 3.65. The Morgan fingerprint density at radius 3 is 2.61 bits per heavy atom. The molecule has 0 aromatic heterocycles. The topological polar surface area (TPSA) is 35.2 Å². The highest BCUT2D eigenvalue weighted by Crippen LogP contribution is 2.21. The number of nitrogens with two attached hydrogens (primary N) is 1. The Hall–Kier alpha value is -0.860. The number of benzene rings is 1. The Kier molecular flexibility index (Phi) is 5.83. The van der Waals surface area contributed by atoms with E-state index in [1.54, 1.807) is 7.11 Å². The molecule has 1 unspecified atom stereocenters. The van der Waals surface area contributed by atoms with E-state index < -0.39 is 0 Å². The molecule has 0 saturated carbocycles. The van der Waals surface area contributed by atoms with Crippen molar-refractivity contribution in [1.29, 1.82) is 0 Å². The van der Waals surface area contributed by atoms with Crippen LogP contribution in [0.3, 0.4) is 0 Å². The first-order valence-electron chi connectivity index (χ1n) is 6.77. The Morgan fingerprint density at radius 1 is 1.33 bits per heavy atom. The Balaban J connectivity index is 2.52. The van der Waals surface area contributed by atoms with Gasteiger partial charge in [0.15, 0.2) is 0 Å². The van der Waals surface area contributed by atoms with Crippen molar-refractivity contribution in [3.8, 4) is 0 Å². The molecular formula is C16H27NO. The number of rotatable bonds is 7. The molecule has 102 valence electrons. The third-order valence-corrected chi connectivity index (χ3v) is 3.65. The summed E-state index contributed by atoms with van der Waals surface area (Å²) in [7, 11) is 1.78. The summed E-state index contributed by atoms with van der Waals surface area (Å²) in [5.41, 5.74) is 8.56. The van der Waals surface area contributed by atoms with Gasteiger partial charge in [0, 0.05) is 7.11 Å². The molecule has 0 aliphatic rings. The summed E-state index contributed by atoms with van der Waals surface area (Å²) in [5.74, 6) is 0.543. The maximum absolute atomic E-state index is 5.89. The Labute approximate surface area is 112 Å². The molecule has 18 heavy (non-hydrogen) atoms. The third kappa shape index (κ3) is 5.19. The minimum absolute atomic E-state index is 0.0416. The molecule has 1 rings (SSSR count). The molecule has 0 heterocycles. The predicted molar refractivity (Wildman–Crippen MR) is 77.7 cm³/mol. The summed E-state index contributed by atoms with van der Waals surface area (Å²) >= 11 is 0. The van der Waals surface area contributed by atoms with Gasteiger partial charge in [0.1, 0.15) is 0 Å².